The fourth-order valence-electron chi connectivity index (χ4n) is 6.94. The van der Waals surface area contributed by atoms with Gasteiger partial charge in [0.15, 0.2) is 0 Å². The Morgan fingerprint density at radius 1 is 1.08 bits per heavy atom. The van der Waals surface area contributed by atoms with Crippen molar-refractivity contribution in [3.05, 3.63) is 80.3 Å². The summed E-state index contributed by atoms with van der Waals surface area (Å²) in [6.07, 6.45) is -6.73. The molecule has 2 amide bonds. The summed E-state index contributed by atoms with van der Waals surface area (Å²) in [7, 11) is 0. The highest BCUT2D eigenvalue weighted by Gasteiger charge is 2.57. The maximum absolute atomic E-state index is 15.2. The first-order valence-electron chi connectivity index (χ1n) is 15.8. The standard InChI is InChI=1S/C34H36ClF6N3O3S/c1-4-7-27-32(47-23-18-28(48-19-23)34(39,40)41,12-6-14-44(27)30(45)29-25(33(36,37)38)8-5-13-42-29)31(46)43-15-11-21-17-22(35)9-10-24(21)26(43)16-20(2)3/h5,8-10,13,17-20,26-27H,4,6-7,11-12,14-16H2,1-3H3/t26?,27-,32+/m1/s1. The Morgan fingerprint density at radius 2 is 1.83 bits per heavy atom. The first-order valence-corrected chi connectivity index (χ1v) is 17.1. The van der Waals surface area contributed by atoms with E-state index in [9.17, 15) is 31.1 Å². The molecule has 14 heteroatoms. The Morgan fingerprint density at radius 3 is 2.48 bits per heavy atom. The molecule has 3 aromatic rings. The number of piperidine rings is 1. The summed E-state index contributed by atoms with van der Waals surface area (Å²) < 4.78 is 89.5. The number of ether oxygens (including phenoxy) is 1. The number of hydrogen-bond acceptors (Lipinski definition) is 5. The molecule has 1 fully saturated rings. The number of nitrogens with zero attached hydrogens (tertiary/aromatic N) is 3. The average molecular weight is 716 g/mol. The summed E-state index contributed by atoms with van der Waals surface area (Å²) in [6, 6.07) is 6.59. The quantitative estimate of drug-likeness (QED) is 0.218. The van der Waals surface area contributed by atoms with Crippen molar-refractivity contribution >= 4 is 34.8 Å². The van der Waals surface area contributed by atoms with E-state index >= 15 is 4.79 Å². The molecule has 48 heavy (non-hydrogen) atoms. The molecule has 1 unspecified atom stereocenters. The molecule has 0 aliphatic carbocycles. The van der Waals surface area contributed by atoms with E-state index in [1.54, 1.807) is 17.9 Å². The molecule has 1 saturated heterocycles. The predicted molar refractivity (Wildman–Crippen MR) is 170 cm³/mol. The highest BCUT2D eigenvalue weighted by molar-refractivity contribution is 7.10. The number of thiophene rings is 1. The van der Waals surface area contributed by atoms with Gasteiger partial charge in [-0.1, -0.05) is 44.9 Å². The fourth-order valence-corrected chi connectivity index (χ4v) is 7.81. The Balaban J connectivity index is 1.65. The van der Waals surface area contributed by atoms with Crippen LogP contribution in [0.25, 0.3) is 0 Å². The van der Waals surface area contributed by atoms with Crippen LogP contribution >= 0.6 is 22.9 Å². The lowest BCUT2D eigenvalue weighted by Crippen LogP contribution is -2.68. The Labute approximate surface area is 284 Å². The molecule has 2 aromatic heterocycles. The van der Waals surface area contributed by atoms with Crippen molar-refractivity contribution in [2.75, 3.05) is 13.1 Å². The number of pyridine rings is 1. The molecule has 0 saturated carbocycles. The second-order valence-corrected chi connectivity index (χ2v) is 14.0. The number of benzene rings is 1. The van der Waals surface area contributed by atoms with Gasteiger partial charge in [0, 0.05) is 42.2 Å². The minimum atomic E-state index is -4.88. The number of hydrogen-bond donors (Lipinski definition) is 0. The summed E-state index contributed by atoms with van der Waals surface area (Å²) >= 11 is 6.71. The van der Waals surface area contributed by atoms with Gasteiger partial charge in [0.05, 0.1) is 17.6 Å². The van der Waals surface area contributed by atoms with E-state index in [1.807, 2.05) is 26.0 Å². The molecule has 2 aliphatic heterocycles. The van der Waals surface area contributed by atoms with Crippen LogP contribution in [0.15, 0.2) is 48.0 Å². The molecule has 0 spiro atoms. The highest BCUT2D eigenvalue weighted by Crippen LogP contribution is 2.45. The van der Waals surface area contributed by atoms with Gasteiger partial charge in [0.25, 0.3) is 11.8 Å². The molecule has 0 bridgehead atoms. The smallest absolute Gasteiger partial charge is 0.425 e. The van der Waals surface area contributed by atoms with Gasteiger partial charge < -0.3 is 14.5 Å². The van der Waals surface area contributed by atoms with Gasteiger partial charge in [0.2, 0.25) is 5.60 Å². The van der Waals surface area contributed by atoms with Crippen LogP contribution < -0.4 is 4.74 Å². The van der Waals surface area contributed by atoms with E-state index < -0.39 is 58.0 Å². The first kappa shape index (κ1) is 36.0. The van der Waals surface area contributed by atoms with Crippen LogP contribution in [0.4, 0.5) is 26.3 Å². The molecule has 0 N–H and O–H groups in total. The number of halogens is 7. The minimum Gasteiger partial charge on any atom is -0.474 e. The minimum absolute atomic E-state index is 0.00392. The van der Waals surface area contributed by atoms with Crippen LogP contribution in [0.3, 0.4) is 0 Å². The number of carbonyl (C=O) groups is 2. The van der Waals surface area contributed by atoms with Gasteiger partial charge >= 0.3 is 12.4 Å². The van der Waals surface area contributed by atoms with Crippen LogP contribution in [0.2, 0.25) is 5.02 Å². The van der Waals surface area contributed by atoms with Crippen molar-refractivity contribution in [2.45, 2.75) is 89.3 Å². The zero-order valence-electron chi connectivity index (χ0n) is 26.6. The number of alkyl halides is 6. The van der Waals surface area contributed by atoms with E-state index in [2.05, 4.69) is 4.98 Å². The van der Waals surface area contributed by atoms with Crippen molar-refractivity contribution in [2.24, 2.45) is 5.92 Å². The highest BCUT2D eigenvalue weighted by atomic mass is 35.5. The van der Waals surface area contributed by atoms with Gasteiger partial charge in [-0.2, -0.15) is 26.3 Å². The van der Waals surface area contributed by atoms with Crippen LogP contribution in [0.1, 0.15) is 91.0 Å². The molecular formula is C34H36ClF6N3O3S. The number of fused-ring (bicyclic) bond motifs is 1. The summed E-state index contributed by atoms with van der Waals surface area (Å²) in [5, 5.41) is 1.72. The predicted octanol–water partition coefficient (Wildman–Crippen LogP) is 9.23. The van der Waals surface area contributed by atoms with Crippen LogP contribution in [-0.4, -0.2) is 51.3 Å². The van der Waals surface area contributed by atoms with E-state index in [1.165, 1.54) is 10.3 Å². The fraction of sp³-hybridized carbons (Fsp3) is 0.500. The Hall–Kier alpha value is -3.32. The largest absolute Gasteiger partial charge is 0.474 e. The molecule has 4 heterocycles. The van der Waals surface area contributed by atoms with Crippen molar-refractivity contribution in [3.63, 3.8) is 0 Å². The molecule has 5 rings (SSSR count). The van der Waals surface area contributed by atoms with Gasteiger partial charge in [-0.3, -0.25) is 14.6 Å². The average Bonchev–Trinajstić information content (AvgIpc) is 3.50. The zero-order chi connectivity index (χ0) is 35.0. The van der Waals surface area contributed by atoms with Gasteiger partial charge in [0.1, 0.15) is 16.3 Å². The van der Waals surface area contributed by atoms with Crippen molar-refractivity contribution < 1.29 is 40.7 Å². The van der Waals surface area contributed by atoms with Crippen LogP contribution in [0, 0.1) is 5.92 Å². The number of carbonyl (C=O) groups excluding carboxylic acids is 2. The van der Waals surface area contributed by atoms with E-state index in [-0.39, 0.29) is 44.0 Å². The lowest BCUT2D eigenvalue weighted by Gasteiger charge is -2.51. The molecule has 260 valence electrons. The summed E-state index contributed by atoms with van der Waals surface area (Å²) in [5.41, 5.74) is -2.08. The van der Waals surface area contributed by atoms with Crippen molar-refractivity contribution in [1.82, 2.24) is 14.8 Å². The zero-order valence-corrected chi connectivity index (χ0v) is 28.2. The molecule has 6 nitrogen and oxygen atoms in total. The molecule has 2 aliphatic rings. The Bertz CT molecular complexity index is 1640. The number of aromatic nitrogens is 1. The normalized spacial score (nSPS) is 21.7. The molecular weight excluding hydrogens is 680 g/mol. The third-order valence-electron chi connectivity index (χ3n) is 8.93. The second-order valence-electron chi connectivity index (χ2n) is 12.7. The number of likely N-dealkylation sites (tertiary alicyclic amines) is 1. The van der Waals surface area contributed by atoms with E-state index in [0.29, 0.717) is 35.6 Å². The summed E-state index contributed by atoms with van der Waals surface area (Å²) in [5.74, 6) is -1.62. The second kappa shape index (κ2) is 13.9. The van der Waals surface area contributed by atoms with Crippen molar-refractivity contribution in [3.8, 4) is 5.75 Å². The van der Waals surface area contributed by atoms with Crippen LogP contribution in [-0.2, 0) is 23.6 Å². The maximum atomic E-state index is 15.2. The Kier molecular flexibility index (Phi) is 10.4. The maximum Gasteiger partial charge on any atom is 0.425 e. The number of amides is 2. The van der Waals surface area contributed by atoms with E-state index in [4.69, 9.17) is 16.3 Å². The van der Waals surface area contributed by atoms with Crippen molar-refractivity contribution in [1.29, 1.82) is 0 Å². The third-order valence-corrected chi connectivity index (χ3v) is 10.1. The van der Waals surface area contributed by atoms with Gasteiger partial charge in [-0.05, 0) is 67.0 Å². The molecule has 0 radical (unpaired) electrons. The number of rotatable bonds is 8. The summed E-state index contributed by atoms with van der Waals surface area (Å²) in [4.78, 5) is 35.0. The molecule has 3 atom stereocenters. The third kappa shape index (κ3) is 7.17. The van der Waals surface area contributed by atoms with E-state index in [0.717, 1.165) is 35.5 Å². The monoisotopic (exact) mass is 715 g/mol. The first-order chi connectivity index (χ1) is 22.6. The SMILES string of the molecule is CCC[C@H]1N(C(=O)c2ncccc2C(F)(F)F)CCC[C@@]1(Oc1csc(C(F)(F)F)c1)C(=O)N1CCc2cc(Cl)ccc2C1CC(C)C. The van der Waals surface area contributed by atoms with Gasteiger partial charge in [-0.15, -0.1) is 11.3 Å². The summed E-state index contributed by atoms with van der Waals surface area (Å²) in [6.45, 7) is 6.06. The topological polar surface area (TPSA) is 62.7 Å². The lowest BCUT2D eigenvalue weighted by molar-refractivity contribution is -0.163. The lowest BCUT2D eigenvalue weighted by atomic mass is 9.78. The molecule has 1 aromatic carbocycles. The van der Waals surface area contributed by atoms with Gasteiger partial charge in [-0.25, -0.2) is 0 Å². The van der Waals surface area contributed by atoms with Crippen LogP contribution in [0.5, 0.6) is 5.75 Å².